The molecule has 1 heteroatoms. The van der Waals surface area contributed by atoms with Gasteiger partial charge >= 0.3 is 0 Å². The Hall–Kier alpha value is -0.850. The Bertz CT molecular complexity index is 287. The maximum absolute atomic E-state index is 4.44. The first kappa shape index (κ1) is 10.7. The summed E-state index contributed by atoms with van der Waals surface area (Å²) in [6.45, 7) is 4.71. The molecular formula is C14H21N. The van der Waals surface area contributed by atoms with Gasteiger partial charge in [0.15, 0.2) is 0 Å². The van der Waals surface area contributed by atoms with Crippen molar-refractivity contribution in [1.82, 2.24) is 4.98 Å². The van der Waals surface area contributed by atoms with E-state index in [-0.39, 0.29) is 0 Å². The van der Waals surface area contributed by atoms with E-state index in [1.54, 1.807) is 0 Å². The quantitative estimate of drug-likeness (QED) is 0.727. The zero-order chi connectivity index (χ0) is 10.7. The molecule has 1 aliphatic carbocycles. The molecule has 1 atom stereocenters. The summed E-state index contributed by atoms with van der Waals surface area (Å²) in [5.74, 6) is 2.60. The van der Waals surface area contributed by atoms with Gasteiger partial charge in [-0.25, -0.2) is 0 Å². The number of hydrogen-bond acceptors (Lipinski definition) is 1. The van der Waals surface area contributed by atoms with Gasteiger partial charge in [0.2, 0.25) is 0 Å². The number of hydrogen-bond donors (Lipinski definition) is 0. The van der Waals surface area contributed by atoms with Crippen LogP contribution in [0.4, 0.5) is 0 Å². The largest absolute Gasteiger partial charge is 0.261 e. The molecular weight excluding hydrogens is 182 g/mol. The molecule has 0 spiro atoms. The monoisotopic (exact) mass is 203 g/mol. The Labute approximate surface area is 92.9 Å². The van der Waals surface area contributed by atoms with Gasteiger partial charge in [0.25, 0.3) is 0 Å². The zero-order valence-electron chi connectivity index (χ0n) is 9.82. The number of nitrogens with zero attached hydrogens (tertiary/aromatic N) is 1. The topological polar surface area (TPSA) is 12.9 Å². The van der Waals surface area contributed by atoms with Gasteiger partial charge in [-0.2, -0.15) is 0 Å². The van der Waals surface area contributed by atoms with Gasteiger partial charge in [-0.15, -0.1) is 0 Å². The van der Waals surface area contributed by atoms with Crippen LogP contribution in [-0.4, -0.2) is 4.98 Å². The summed E-state index contributed by atoms with van der Waals surface area (Å²) in [6.07, 6.45) is 7.40. The highest BCUT2D eigenvalue weighted by Gasteiger charge is 2.29. The number of pyridine rings is 1. The fourth-order valence-electron chi connectivity index (χ4n) is 2.58. The second-order valence-corrected chi connectivity index (χ2v) is 5.12. The van der Waals surface area contributed by atoms with Crippen molar-refractivity contribution in [3.8, 4) is 0 Å². The van der Waals surface area contributed by atoms with E-state index in [2.05, 4.69) is 31.0 Å². The fraction of sp³-hybridized carbons (Fsp3) is 0.643. The van der Waals surface area contributed by atoms with Crippen LogP contribution in [0.3, 0.4) is 0 Å². The highest BCUT2D eigenvalue weighted by atomic mass is 14.7. The molecule has 0 bridgehead atoms. The Morgan fingerprint density at radius 2 is 2.13 bits per heavy atom. The van der Waals surface area contributed by atoms with Crippen molar-refractivity contribution in [3.05, 3.63) is 30.1 Å². The van der Waals surface area contributed by atoms with Gasteiger partial charge in [-0.3, -0.25) is 4.98 Å². The van der Waals surface area contributed by atoms with Crippen LogP contribution in [0, 0.1) is 17.8 Å². The van der Waals surface area contributed by atoms with E-state index >= 15 is 0 Å². The summed E-state index contributed by atoms with van der Waals surface area (Å²) in [5, 5.41) is 0. The summed E-state index contributed by atoms with van der Waals surface area (Å²) in [4.78, 5) is 4.44. The maximum atomic E-state index is 4.44. The molecule has 1 saturated carbocycles. The van der Waals surface area contributed by atoms with Crippen molar-refractivity contribution in [2.24, 2.45) is 17.8 Å². The van der Waals surface area contributed by atoms with Gasteiger partial charge in [-0.05, 0) is 36.3 Å². The summed E-state index contributed by atoms with van der Waals surface area (Å²) in [5.41, 5.74) is 1.27. The predicted octanol–water partition coefficient (Wildman–Crippen LogP) is 3.70. The molecule has 15 heavy (non-hydrogen) atoms. The van der Waals surface area contributed by atoms with Gasteiger partial charge in [0, 0.05) is 11.9 Å². The van der Waals surface area contributed by atoms with Crippen molar-refractivity contribution in [3.63, 3.8) is 0 Å². The molecule has 1 nitrogen and oxygen atoms in total. The van der Waals surface area contributed by atoms with Crippen LogP contribution in [0.2, 0.25) is 0 Å². The fourth-order valence-corrected chi connectivity index (χ4v) is 2.58. The molecule has 1 unspecified atom stereocenters. The average molecular weight is 203 g/mol. The second kappa shape index (κ2) is 4.78. The molecule has 2 rings (SSSR count). The Kier molecular flexibility index (Phi) is 3.40. The van der Waals surface area contributed by atoms with Crippen LogP contribution in [0.25, 0.3) is 0 Å². The van der Waals surface area contributed by atoms with E-state index in [4.69, 9.17) is 0 Å². The van der Waals surface area contributed by atoms with Crippen LogP contribution in [-0.2, 0) is 6.42 Å². The highest BCUT2D eigenvalue weighted by molar-refractivity contribution is 5.05. The number of rotatable bonds is 4. The first-order valence-electron chi connectivity index (χ1n) is 6.17. The summed E-state index contributed by atoms with van der Waals surface area (Å²) < 4.78 is 0. The molecule has 0 N–H and O–H groups in total. The Morgan fingerprint density at radius 1 is 1.33 bits per heavy atom. The van der Waals surface area contributed by atoms with Crippen LogP contribution in [0.15, 0.2) is 24.4 Å². The van der Waals surface area contributed by atoms with Crippen LogP contribution in [0.5, 0.6) is 0 Å². The molecule has 1 aromatic heterocycles. The van der Waals surface area contributed by atoms with E-state index < -0.39 is 0 Å². The average Bonchev–Trinajstić information content (AvgIpc) is 2.15. The maximum Gasteiger partial charge on any atom is 0.0406 e. The van der Waals surface area contributed by atoms with Crippen LogP contribution >= 0.6 is 0 Å². The lowest BCUT2D eigenvalue weighted by molar-refractivity contribution is 0.158. The zero-order valence-corrected chi connectivity index (χ0v) is 9.82. The van der Waals surface area contributed by atoms with Crippen molar-refractivity contribution >= 4 is 0 Å². The minimum Gasteiger partial charge on any atom is -0.261 e. The van der Waals surface area contributed by atoms with Gasteiger partial charge < -0.3 is 0 Å². The first-order valence-corrected chi connectivity index (χ1v) is 6.17. The van der Waals surface area contributed by atoms with Crippen LogP contribution in [0.1, 0.15) is 38.8 Å². The van der Waals surface area contributed by atoms with Crippen molar-refractivity contribution in [1.29, 1.82) is 0 Å². The predicted molar refractivity (Wildman–Crippen MR) is 63.6 cm³/mol. The smallest absolute Gasteiger partial charge is 0.0406 e. The van der Waals surface area contributed by atoms with Crippen molar-refractivity contribution in [2.45, 2.75) is 39.5 Å². The SMILES string of the molecule is CC(C)C(Cc1ccccn1)C1CCC1. The van der Waals surface area contributed by atoms with Gasteiger partial charge in [0.1, 0.15) is 0 Å². The molecule has 82 valence electrons. The lowest BCUT2D eigenvalue weighted by Gasteiger charge is -2.36. The molecule has 0 radical (unpaired) electrons. The summed E-state index contributed by atoms with van der Waals surface area (Å²) in [7, 11) is 0. The minimum atomic E-state index is 0.789. The van der Waals surface area contributed by atoms with E-state index in [1.165, 1.54) is 31.4 Å². The second-order valence-electron chi connectivity index (χ2n) is 5.12. The number of aromatic nitrogens is 1. The van der Waals surface area contributed by atoms with E-state index in [1.807, 2.05) is 12.3 Å². The molecule has 0 aromatic carbocycles. The van der Waals surface area contributed by atoms with E-state index in [0.717, 1.165) is 17.8 Å². The van der Waals surface area contributed by atoms with Crippen molar-refractivity contribution in [2.75, 3.05) is 0 Å². The molecule has 1 aliphatic rings. The Balaban J connectivity index is 2.00. The highest BCUT2D eigenvalue weighted by Crippen LogP contribution is 2.38. The van der Waals surface area contributed by atoms with Gasteiger partial charge in [0.05, 0.1) is 0 Å². The lowest BCUT2D eigenvalue weighted by Crippen LogP contribution is -2.28. The van der Waals surface area contributed by atoms with E-state index in [9.17, 15) is 0 Å². The standard InChI is InChI=1S/C14H21N/c1-11(2)14(12-6-5-7-12)10-13-8-3-4-9-15-13/h3-4,8-9,11-12,14H,5-7,10H2,1-2H3. The first-order chi connectivity index (χ1) is 7.27. The molecule has 1 aromatic rings. The summed E-state index contributed by atoms with van der Waals surface area (Å²) >= 11 is 0. The minimum absolute atomic E-state index is 0.789. The molecule has 0 aliphatic heterocycles. The molecule has 1 heterocycles. The van der Waals surface area contributed by atoms with Gasteiger partial charge in [-0.1, -0.05) is 39.2 Å². The third kappa shape index (κ3) is 2.58. The third-order valence-corrected chi connectivity index (χ3v) is 3.78. The molecule has 0 amide bonds. The Morgan fingerprint density at radius 3 is 2.60 bits per heavy atom. The third-order valence-electron chi connectivity index (χ3n) is 3.78. The summed E-state index contributed by atoms with van der Waals surface area (Å²) in [6, 6.07) is 6.26. The molecule has 1 fully saturated rings. The normalized spacial score (nSPS) is 18.9. The van der Waals surface area contributed by atoms with Crippen molar-refractivity contribution < 1.29 is 0 Å². The molecule has 0 saturated heterocycles. The van der Waals surface area contributed by atoms with Crippen LogP contribution < -0.4 is 0 Å². The lowest BCUT2D eigenvalue weighted by atomic mass is 9.70. The van der Waals surface area contributed by atoms with E-state index in [0.29, 0.717) is 0 Å².